The number of carbonyl (C=O) groups excluding carboxylic acids is 1. The maximum Gasteiger partial charge on any atom is 0.306 e. The Bertz CT molecular complexity index is 1020. The van der Waals surface area contributed by atoms with Crippen molar-refractivity contribution >= 4 is 5.97 Å². The number of hydrogen-bond acceptors (Lipinski definition) is 4. The number of benzene rings is 2. The van der Waals surface area contributed by atoms with E-state index in [1.54, 1.807) is 17.1 Å². The number of carbonyl (C=O) groups is 1. The van der Waals surface area contributed by atoms with Gasteiger partial charge in [-0.05, 0) is 47.9 Å². The van der Waals surface area contributed by atoms with Gasteiger partial charge in [0.05, 0.1) is 17.6 Å². The van der Waals surface area contributed by atoms with E-state index in [2.05, 4.69) is 10.2 Å². The molecule has 0 atom stereocenters. The first-order valence-corrected chi connectivity index (χ1v) is 9.11. The topological polar surface area (TPSA) is 61.9 Å². The molecule has 0 N–H and O–H groups in total. The predicted molar refractivity (Wildman–Crippen MR) is 105 cm³/mol. The van der Waals surface area contributed by atoms with Crippen LogP contribution in [0.15, 0.2) is 85.5 Å². The van der Waals surface area contributed by atoms with E-state index < -0.39 is 0 Å². The van der Waals surface area contributed by atoms with Gasteiger partial charge in [-0.15, -0.1) is 0 Å². The lowest BCUT2D eigenvalue weighted by atomic mass is 10.2. The average molecular weight is 372 g/mol. The van der Waals surface area contributed by atoms with Crippen molar-refractivity contribution in [2.45, 2.75) is 19.4 Å². The average Bonchev–Trinajstić information content (AvgIpc) is 3.44. The molecule has 2 heterocycles. The molecule has 0 amide bonds. The van der Waals surface area contributed by atoms with Crippen molar-refractivity contribution in [3.8, 4) is 11.4 Å². The maximum absolute atomic E-state index is 12.1. The molecule has 4 aromatic rings. The highest BCUT2D eigenvalue weighted by atomic mass is 16.5. The predicted octanol–water partition coefficient (Wildman–Crippen LogP) is 3.73. The number of hydrogen-bond donors (Lipinski definition) is 0. The fourth-order valence-corrected chi connectivity index (χ4v) is 2.86. The van der Waals surface area contributed by atoms with Crippen LogP contribution < -0.4 is 0 Å². The molecule has 0 fully saturated rings. The van der Waals surface area contributed by atoms with Crippen LogP contribution in [0.25, 0.3) is 11.4 Å². The fraction of sp³-hybridized carbons (Fsp3) is 0.136. The Morgan fingerprint density at radius 2 is 1.64 bits per heavy atom. The molecule has 0 saturated heterocycles. The summed E-state index contributed by atoms with van der Waals surface area (Å²) in [5.74, 6) is -0.219. The summed E-state index contributed by atoms with van der Waals surface area (Å²) in [4.78, 5) is 12.1. The second-order valence-electron chi connectivity index (χ2n) is 6.41. The van der Waals surface area contributed by atoms with Gasteiger partial charge in [0.15, 0.2) is 0 Å². The van der Waals surface area contributed by atoms with E-state index in [4.69, 9.17) is 4.74 Å². The lowest BCUT2D eigenvalue weighted by Crippen LogP contribution is -2.06. The van der Waals surface area contributed by atoms with Crippen molar-refractivity contribution < 1.29 is 9.53 Å². The van der Waals surface area contributed by atoms with Crippen molar-refractivity contribution in [2.24, 2.45) is 0 Å². The van der Waals surface area contributed by atoms with E-state index in [0.717, 1.165) is 22.5 Å². The Morgan fingerprint density at radius 3 is 2.39 bits per heavy atom. The lowest BCUT2D eigenvalue weighted by Gasteiger charge is -2.06. The number of ether oxygens (including phenoxy) is 1. The molecule has 0 unspecified atom stereocenters. The molecule has 140 valence electrons. The van der Waals surface area contributed by atoms with Gasteiger partial charge in [-0.2, -0.15) is 10.2 Å². The van der Waals surface area contributed by atoms with Crippen LogP contribution in [0.5, 0.6) is 0 Å². The van der Waals surface area contributed by atoms with Gasteiger partial charge in [-0.25, -0.2) is 9.36 Å². The molecule has 4 rings (SSSR count). The van der Waals surface area contributed by atoms with Crippen molar-refractivity contribution in [2.75, 3.05) is 0 Å². The molecule has 6 nitrogen and oxygen atoms in total. The summed E-state index contributed by atoms with van der Waals surface area (Å²) in [6.07, 6.45) is 8.27. The number of aryl methyl sites for hydroxylation is 1. The summed E-state index contributed by atoms with van der Waals surface area (Å²) in [5, 5.41) is 8.53. The molecule has 0 saturated carbocycles. The Labute approximate surface area is 163 Å². The summed E-state index contributed by atoms with van der Waals surface area (Å²) in [6, 6.07) is 19.5. The zero-order chi connectivity index (χ0) is 19.2. The number of rotatable bonds is 7. The summed E-state index contributed by atoms with van der Waals surface area (Å²) < 4.78 is 8.97. The summed E-state index contributed by atoms with van der Waals surface area (Å²) >= 11 is 0. The largest absolute Gasteiger partial charge is 0.461 e. The zero-order valence-electron chi connectivity index (χ0n) is 15.3. The van der Waals surface area contributed by atoms with Gasteiger partial charge in [0, 0.05) is 25.0 Å². The Hall–Kier alpha value is -3.67. The zero-order valence-corrected chi connectivity index (χ0v) is 15.3. The van der Waals surface area contributed by atoms with Crippen LogP contribution in [0, 0.1) is 0 Å². The molecule has 0 aliphatic carbocycles. The monoisotopic (exact) mass is 372 g/mol. The van der Waals surface area contributed by atoms with Crippen molar-refractivity contribution in [1.29, 1.82) is 0 Å². The standard InChI is InChI=1S/C22H20N4O2/c27-22(12-9-19-15-24-26(16-19)20-5-2-1-3-6-20)28-17-18-7-10-21(11-8-18)25-14-4-13-23-25/h1-8,10-11,13-16H,9,12,17H2. The highest BCUT2D eigenvalue weighted by molar-refractivity contribution is 5.69. The number of para-hydroxylation sites is 1. The number of esters is 1. The lowest BCUT2D eigenvalue weighted by molar-refractivity contribution is -0.144. The molecule has 0 aliphatic rings. The van der Waals surface area contributed by atoms with E-state index in [-0.39, 0.29) is 12.6 Å². The Balaban J connectivity index is 1.25. The van der Waals surface area contributed by atoms with Gasteiger partial charge in [0.1, 0.15) is 6.61 Å². The molecular weight excluding hydrogens is 352 g/mol. The number of aromatic nitrogens is 4. The van der Waals surface area contributed by atoms with Crippen LogP contribution in [0.2, 0.25) is 0 Å². The smallest absolute Gasteiger partial charge is 0.306 e. The van der Waals surface area contributed by atoms with Gasteiger partial charge in [-0.3, -0.25) is 4.79 Å². The van der Waals surface area contributed by atoms with Crippen LogP contribution in [0.3, 0.4) is 0 Å². The molecular formula is C22H20N4O2. The molecule has 2 aromatic heterocycles. The molecule has 2 aromatic carbocycles. The third kappa shape index (κ3) is 4.35. The van der Waals surface area contributed by atoms with Crippen LogP contribution in [0.4, 0.5) is 0 Å². The highest BCUT2D eigenvalue weighted by Crippen LogP contribution is 2.12. The van der Waals surface area contributed by atoms with Crippen LogP contribution >= 0.6 is 0 Å². The van der Waals surface area contributed by atoms with Crippen LogP contribution in [-0.2, 0) is 22.6 Å². The normalized spacial score (nSPS) is 10.7. The maximum atomic E-state index is 12.1. The molecule has 0 bridgehead atoms. The van der Waals surface area contributed by atoms with Crippen molar-refractivity contribution in [1.82, 2.24) is 19.6 Å². The second kappa shape index (κ2) is 8.35. The first-order valence-electron chi connectivity index (χ1n) is 9.11. The minimum atomic E-state index is -0.219. The van der Waals surface area contributed by atoms with Crippen molar-refractivity contribution in [3.63, 3.8) is 0 Å². The van der Waals surface area contributed by atoms with Gasteiger partial charge >= 0.3 is 5.97 Å². The SMILES string of the molecule is O=C(CCc1cnn(-c2ccccc2)c1)OCc1ccc(-n2cccn2)cc1. The molecule has 28 heavy (non-hydrogen) atoms. The Morgan fingerprint density at radius 1 is 0.857 bits per heavy atom. The summed E-state index contributed by atoms with van der Waals surface area (Å²) in [6.45, 7) is 0.265. The van der Waals surface area contributed by atoms with Crippen LogP contribution in [0.1, 0.15) is 17.5 Å². The molecule has 0 radical (unpaired) electrons. The minimum Gasteiger partial charge on any atom is -0.461 e. The minimum absolute atomic E-state index is 0.219. The van der Waals surface area contributed by atoms with E-state index in [9.17, 15) is 4.79 Å². The summed E-state index contributed by atoms with van der Waals surface area (Å²) in [5.41, 5.74) is 3.91. The third-order valence-corrected chi connectivity index (χ3v) is 4.38. The quantitative estimate of drug-likeness (QED) is 0.464. The molecule has 6 heteroatoms. The van der Waals surface area contributed by atoms with E-state index >= 15 is 0 Å². The van der Waals surface area contributed by atoms with Crippen LogP contribution in [-0.4, -0.2) is 25.5 Å². The first kappa shape index (κ1) is 17.7. The highest BCUT2D eigenvalue weighted by Gasteiger charge is 2.07. The van der Waals surface area contributed by atoms with Gasteiger partial charge in [-0.1, -0.05) is 30.3 Å². The molecule has 0 aliphatic heterocycles. The van der Waals surface area contributed by atoms with E-state index in [1.807, 2.05) is 77.7 Å². The van der Waals surface area contributed by atoms with Gasteiger partial charge in [0.25, 0.3) is 0 Å². The van der Waals surface area contributed by atoms with Crippen molar-refractivity contribution in [3.05, 3.63) is 96.6 Å². The summed E-state index contributed by atoms with van der Waals surface area (Å²) in [7, 11) is 0. The fourth-order valence-electron chi connectivity index (χ4n) is 2.86. The molecule has 0 spiro atoms. The van der Waals surface area contributed by atoms with E-state index in [0.29, 0.717) is 12.8 Å². The van der Waals surface area contributed by atoms with Gasteiger partial charge in [0.2, 0.25) is 0 Å². The third-order valence-electron chi connectivity index (χ3n) is 4.38. The Kier molecular flexibility index (Phi) is 5.29. The van der Waals surface area contributed by atoms with Gasteiger partial charge < -0.3 is 4.74 Å². The second-order valence-corrected chi connectivity index (χ2v) is 6.41. The first-order chi connectivity index (χ1) is 13.8. The van der Waals surface area contributed by atoms with E-state index in [1.165, 1.54) is 0 Å². The number of nitrogens with zero attached hydrogens (tertiary/aromatic N) is 4.